The van der Waals surface area contributed by atoms with E-state index in [0.29, 0.717) is 0 Å². The molecule has 2 aliphatic carbocycles. The van der Waals surface area contributed by atoms with E-state index < -0.39 is 0 Å². The Morgan fingerprint density at radius 3 is 2.31 bits per heavy atom. The number of anilines is 2. The Morgan fingerprint density at radius 2 is 1.52 bits per heavy atom. The third-order valence-electron chi connectivity index (χ3n) is 6.08. The monoisotopic (exact) mass is 375 g/mol. The molecular weight excluding hydrogens is 350 g/mol. The summed E-state index contributed by atoms with van der Waals surface area (Å²) in [5.74, 6) is 0. The number of allylic oxidation sites excluding steroid dienone is 6. The first-order valence-electron chi connectivity index (χ1n) is 10.3. The van der Waals surface area contributed by atoms with Crippen molar-refractivity contribution in [2.45, 2.75) is 25.7 Å². The molecule has 3 aromatic carbocycles. The summed E-state index contributed by atoms with van der Waals surface area (Å²) in [6, 6.07) is 25.9. The van der Waals surface area contributed by atoms with Gasteiger partial charge in [-0.2, -0.15) is 0 Å². The van der Waals surface area contributed by atoms with Crippen molar-refractivity contribution in [1.82, 2.24) is 0 Å². The molecule has 29 heavy (non-hydrogen) atoms. The molecule has 0 fully saturated rings. The zero-order valence-electron chi connectivity index (χ0n) is 16.9. The molecule has 1 heteroatoms. The van der Waals surface area contributed by atoms with Gasteiger partial charge in [0.2, 0.25) is 0 Å². The first kappa shape index (κ1) is 17.8. The van der Waals surface area contributed by atoms with Gasteiger partial charge < -0.3 is 5.32 Å². The molecule has 0 heterocycles. The number of rotatable bonds is 3. The highest BCUT2D eigenvalue weighted by Gasteiger charge is 2.37. The van der Waals surface area contributed by atoms with Crippen LogP contribution in [0.3, 0.4) is 0 Å². The van der Waals surface area contributed by atoms with Gasteiger partial charge in [-0.3, -0.25) is 0 Å². The number of hydrogen-bond donors (Lipinski definition) is 1. The van der Waals surface area contributed by atoms with Crippen molar-refractivity contribution in [1.29, 1.82) is 0 Å². The summed E-state index contributed by atoms with van der Waals surface area (Å²) in [5.41, 5.74) is 10.3. The van der Waals surface area contributed by atoms with E-state index >= 15 is 0 Å². The lowest BCUT2D eigenvalue weighted by molar-refractivity contribution is 0.661. The Kier molecular flexibility index (Phi) is 4.24. The number of nitrogens with one attached hydrogen (secondary N) is 1. The van der Waals surface area contributed by atoms with Crippen LogP contribution in [0.25, 0.3) is 16.7 Å². The van der Waals surface area contributed by atoms with Crippen LogP contribution in [0.1, 0.15) is 31.4 Å². The summed E-state index contributed by atoms with van der Waals surface area (Å²) in [6.07, 6.45) is 10.1. The van der Waals surface area contributed by atoms with Crippen molar-refractivity contribution in [3.63, 3.8) is 0 Å². The normalized spacial score (nSPS) is 16.3. The Balaban J connectivity index is 1.44. The first-order chi connectivity index (χ1) is 14.1. The van der Waals surface area contributed by atoms with Crippen molar-refractivity contribution in [3.8, 4) is 11.1 Å². The molecule has 1 N–H and O–H groups in total. The van der Waals surface area contributed by atoms with Crippen LogP contribution in [0.2, 0.25) is 0 Å². The quantitative estimate of drug-likeness (QED) is 0.495. The molecule has 0 unspecified atom stereocenters. The predicted octanol–water partition coefficient (Wildman–Crippen LogP) is 7.66. The average Bonchev–Trinajstić information content (AvgIpc) is 2.91. The van der Waals surface area contributed by atoms with Crippen LogP contribution >= 0.6 is 0 Å². The lowest BCUT2D eigenvalue weighted by atomic mass is 9.82. The SMILES string of the molecule is CC1(C)C2=CC=CCC=C2c2ccc(Nc3ccc(-c4ccccc4)cc3)cc21. The van der Waals surface area contributed by atoms with E-state index in [1.165, 1.54) is 33.4 Å². The van der Waals surface area contributed by atoms with Crippen LogP contribution in [0, 0.1) is 0 Å². The predicted molar refractivity (Wildman–Crippen MR) is 124 cm³/mol. The molecule has 0 amide bonds. The van der Waals surface area contributed by atoms with Gasteiger partial charge in [0.25, 0.3) is 0 Å². The van der Waals surface area contributed by atoms with Crippen molar-refractivity contribution in [2.24, 2.45) is 0 Å². The van der Waals surface area contributed by atoms with Crippen LogP contribution in [0.15, 0.2) is 103 Å². The molecule has 0 saturated carbocycles. The summed E-state index contributed by atoms with van der Waals surface area (Å²) in [6.45, 7) is 4.66. The molecule has 0 aliphatic heterocycles. The summed E-state index contributed by atoms with van der Waals surface area (Å²) < 4.78 is 0. The second kappa shape index (κ2) is 6.93. The molecule has 142 valence electrons. The molecule has 0 atom stereocenters. The Labute approximate surface area is 173 Å². The fourth-order valence-electron chi connectivity index (χ4n) is 4.49. The van der Waals surface area contributed by atoms with Gasteiger partial charge in [0.1, 0.15) is 0 Å². The maximum Gasteiger partial charge on any atom is 0.0387 e. The van der Waals surface area contributed by atoms with Gasteiger partial charge in [-0.15, -0.1) is 0 Å². The Morgan fingerprint density at radius 1 is 0.793 bits per heavy atom. The van der Waals surface area contributed by atoms with Gasteiger partial charge in [0.15, 0.2) is 0 Å². The highest BCUT2D eigenvalue weighted by atomic mass is 14.9. The highest BCUT2D eigenvalue weighted by Crippen LogP contribution is 2.51. The molecule has 5 rings (SSSR count). The maximum absolute atomic E-state index is 3.59. The number of hydrogen-bond acceptors (Lipinski definition) is 1. The molecule has 2 aliphatic rings. The van der Waals surface area contributed by atoms with E-state index in [4.69, 9.17) is 0 Å². The van der Waals surface area contributed by atoms with Crippen molar-refractivity contribution < 1.29 is 0 Å². The zero-order chi connectivity index (χ0) is 19.8. The molecule has 0 aromatic heterocycles. The third-order valence-corrected chi connectivity index (χ3v) is 6.08. The largest absolute Gasteiger partial charge is 0.356 e. The number of benzene rings is 3. The van der Waals surface area contributed by atoms with Gasteiger partial charge in [-0.05, 0) is 64.1 Å². The van der Waals surface area contributed by atoms with Gasteiger partial charge in [-0.25, -0.2) is 0 Å². The van der Waals surface area contributed by atoms with E-state index in [2.05, 4.69) is 116 Å². The Hall–Kier alpha value is -3.32. The molecule has 1 nitrogen and oxygen atoms in total. The number of fused-ring (bicyclic) bond motifs is 3. The molecular formula is C28H25N. The fourth-order valence-corrected chi connectivity index (χ4v) is 4.49. The lowest BCUT2D eigenvalue weighted by Crippen LogP contribution is -2.15. The van der Waals surface area contributed by atoms with E-state index in [-0.39, 0.29) is 5.41 Å². The minimum atomic E-state index is 0.0186. The van der Waals surface area contributed by atoms with Crippen LogP contribution in [-0.4, -0.2) is 0 Å². The zero-order valence-corrected chi connectivity index (χ0v) is 16.9. The molecule has 0 radical (unpaired) electrons. The smallest absolute Gasteiger partial charge is 0.0387 e. The minimum Gasteiger partial charge on any atom is -0.356 e. The Bertz CT molecular complexity index is 1140. The van der Waals surface area contributed by atoms with E-state index in [1.807, 2.05) is 0 Å². The van der Waals surface area contributed by atoms with Crippen LogP contribution < -0.4 is 5.32 Å². The van der Waals surface area contributed by atoms with Gasteiger partial charge in [0, 0.05) is 16.8 Å². The average molecular weight is 376 g/mol. The fraction of sp³-hybridized carbons (Fsp3) is 0.143. The maximum atomic E-state index is 3.59. The summed E-state index contributed by atoms with van der Waals surface area (Å²) in [4.78, 5) is 0. The van der Waals surface area contributed by atoms with Crippen molar-refractivity contribution in [2.75, 3.05) is 5.32 Å². The first-order valence-corrected chi connectivity index (χ1v) is 10.3. The molecule has 0 spiro atoms. The van der Waals surface area contributed by atoms with Gasteiger partial charge in [-0.1, -0.05) is 86.7 Å². The van der Waals surface area contributed by atoms with Crippen LogP contribution in [-0.2, 0) is 5.41 Å². The van der Waals surface area contributed by atoms with Crippen molar-refractivity contribution >= 4 is 16.9 Å². The van der Waals surface area contributed by atoms with Crippen LogP contribution in [0.5, 0.6) is 0 Å². The van der Waals surface area contributed by atoms with Gasteiger partial charge in [0.05, 0.1) is 0 Å². The standard InChI is InChI=1S/C28H25N/c1-28(2)26-12-8-4-7-11-24(26)25-18-17-23(19-27(25)28)29-22-15-13-21(14-16-22)20-9-5-3-6-10-20/h3-6,8-19,29H,7H2,1-2H3. The van der Waals surface area contributed by atoms with E-state index in [0.717, 1.165) is 17.8 Å². The van der Waals surface area contributed by atoms with E-state index in [1.54, 1.807) is 0 Å². The highest BCUT2D eigenvalue weighted by molar-refractivity contribution is 5.91. The third kappa shape index (κ3) is 3.13. The van der Waals surface area contributed by atoms with Crippen molar-refractivity contribution in [3.05, 3.63) is 114 Å². The lowest BCUT2D eigenvalue weighted by Gasteiger charge is -2.22. The second-order valence-corrected chi connectivity index (χ2v) is 8.32. The molecule has 3 aromatic rings. The topological polar surface area (TPSA) is 12.0 Å². The molecule has 0 saturated heterocycles. The molecule has 0 bridgehead atoms. The minimum absolute atomic E-state index is 0.0186. The van der Waals surface area contributed by atoms with E-state index in [9.17, 15) is 0 Å². The summed E-state index contributed by atoms with van der Waals surface area (Å²) in [5, 5.41) is 3.59. The van der Waals surface area contributed by atoms with Crippen LogP contribution in [0.4, 0.5) is 11.4 Å². The second-order valence-electron chi connectivity index (χ2n) is 8.32. The summed E-state index contributed by atoms with van der Waals surface area (Å²) in [7, 11) is 0. The van der Waals surface area contributed by atoms with Gasteiger partial charge >= 0.3 is 0 Å². The summed E-state index contributed by atoms with van der Waals surface area (Å²) >= 11 is 0.